The number of hydrogen-bond donors (Lipinski definition) is 0. The Morgan fingerprint density at radius 1 is 1.05 bits per heavy atom. The van der Waals surface area contributed by atoms with Crippen LogP contribution in [0.2, 0.25) is 0 Å². The Labute approximate surface area is 134 Å². The third-order valence-corrected chi connectivity index (χ3v) is 4.99. The minimum Gasteiger partial charge on any atom is -0.339 e. The van der Waals surface area contributed by atoms with E-state index in [-0.39, 0.29) is 5.91 Å². The van der Waals surface area contributed by atoms with Gasteiger partial charge >= 0.3 is 0 Å². The molecule has 1 atom stereocenters. The molecule has 0 aromatic heterocycles. The second-order valence-corrected chi connectivity index (χ2v) is 7.03. The SMILES string of the molecule is CC1CCCN(Cc2ccc(C(=O)N3CCCCC3)cc2)C1. The standard InChI is InChI=1S/C19H28N2O/c1-16-6-5-11-20(14-16)15-17-7-9-18(10-8-17)19(22)21-12-3-2-4-13-21/h7-10,16H,2-6,11-15H2,1H3. The molecule has 2 fully saturated rings. The molecule has 0 radical (unpaired) electrons. The number of amides is 1. The highest BCUT2D eigenvalue weighted by molar-refractivity contribution is 5.94. The Balaban J connectivity index is 1.58. The maximum Gasteiger partial charge on any atom is 0.253 e. The molecule has 120 valence electrons. The van der Waals surface area contributed by atoms with Crippen LogP contribution in [0.15, 0.2) is 24.3 Å². The molecule has 1 aromatic carbocycles. The minimum absolute atomic E-state index is 0.206. The van der Waals surface area contributed by atoms with Crippen molar-refractivity contribution in [1.29, 1.82) is 0 Å². The van der Waals surface area contributed by atoms with Crippen molar-refractivity contribution in [3.63, 3.8) is 0 Å². The maximum absolute atomic E-state index is 12.5. The van der Waals surface area contributed by atoms with Crippen molar-refractivity contribution in [2.24, 2.45) is 5.92 Å². The molecule has 2 saturated heterocycles. The van der Waals surface area contributed by atoms with Gasteiger partial charge in [0.2, 0.25) is 0 Å². The van der Waals surface area contributed by atoms with Crippen LogP contribution >= 0.6 is 0 Å². The van der Waals surface area contributed by atoms with Crippen molar-refractivity contribution in [2.45, 2.75) is 45.6 Å². The molecule has 3 rings (SSSR count). The molecule has 3 nitrogen and oxygen atoms in total. The predicted octanol–water partition coefficient (Wildman–Crippen LogP) is 3.54. The zero-order valence-electron chi connectivity index (χ0n) is 13.8. The first-order valence-corrected chi connectivity index (χ1v) is 8.83. The van der Waals surface area contributed by atoms with E-state index in [1.165, 1.54) is 37.9 Å². The molecular formula is C19H28N2O. The summed E-state index contributed by atoms with van der Waals surface area (Å²) in [7, 11) is 0. The number of hydrogen-bond acceptors (Lipinski definition) is 2. The molecule has 3 heteroatoms. The van der Waals surface area contributed by atoms with Crippen LogP contribution in [-0.2, 0) is 6.54 Å². The van der Waals surface area contributed by atoms with Gasteiger partial charge in [0, 0.05) is 31.7 Å². The number of rotatable bonds is 3. The van der Waals surface area contributed by atoms with E-state index in [4.69, 9.17) is 0 Å². The van der Waals surface area contributed by atoms with E-state index in [2.05, 4.69) is 24.0 Å². The molecule has 0 bridgehead atoms. The van der Waals surface area contributed by atoms with Gasteiger partial charge in [-0.2, -0.15) is 0 Å². The zero-order valence-corrected chi connectivity index (χ0v) is 13.8. The van der Waals surface area contributed by atoms with E-state index < -0.39 is 0 Å². The summed E-state index contributed by atoms with van der Waals surface area (Å²) in [6.07, 6.45) is 6.23. The second-order valence-electron chi connectivity index (χ2n) is 7.03. The van der Waals surface area contributed by atoms with Crippen molar-refractivity contribution in [3.8, 4) is 0 Å². The lowest BCUT2D eigenvalue weighted by atomic mass is 9.99. The zero-order chi connectivity index (χ0) is 15.4. The molecular weight excluding hydrogens is 272 g/mol. The Bertz CT molecular complexity index is 491. The first-order chi connectivity index (χ1) is 10.7. The predicted molar refractivity (Wildman–Crippen MR) is 89.9 cm³/mol. The summed E-state index contributed by atoms with van der Waals surface area (Å²) in [5, 5.41) is 0. The van der Waals surface area contributed by atoms with Gasteiger partial charge in [-0.1, -0.05) is 19.1 Å². The monoisotopic (exact) mass is 300 g/mol. The largest absolute Gasteiger partial charge is 0.339 e. The van der Waals surface area contributed by atoms with Gasteiger partial charge in [-0.05, 0) is 62.3 Å². The first kappa shape index (κ1) is 15.5. The Hall–Kier alpha value is -1.35. The third-order valence-electron chi connectivity index (χ3n) is 4.99. The van der Waals surface area contributed by atoms with Gasteiger partial charge in [-0.25, -0.2) is 0 Å². The van der Waals surface area contributed by atoms with Crippen LogP contribution in [0.25, 0.3) is 0 Å². The average molecular weight is 300 g/mol. The summed E-state index contributed by atoms with van der Waals surface area (Å²) < 4.78 is 0. The van der Waals surface area contributed by atoms with Crippen LogP contribution in [0.3, 0.4) is 0 Å². The molecule has 0 aliphatic carbocycles. The van der Waals surface area contributed by atoms with Gasteiger partial charge in [0.05, 0.1) is 0 Å². The highest BCUT2D eigenvalue weighted by atomic mass is 16.2. The Morgan fingerprint density at radius 3 is 2.45 bits per heavy atom. The topological polar surface area (TPSA) is 23.6 Å². The maximum atomic E-state index is 12.5. The van der Waals surface area contributed by atoms with Crippen LogP contribution in [-0.4, -0.2) is 41.9 Å². The van der Waals surface area contributed by atoms with Crippen LogP contribution in [0.5, 0.6) is 0 Å². The summed E-state index contributed by atoms with van der Waals surface area (Å²) in [6, 6.07) is 8.30. The van der Waals surface area contributed by atoms with Crippen molar-refractivity contribution in [1.82, 2.24) is 9.80 Å². The van der Waals surface area contributed by atoms with Gasteiger partial charge in [-0.15, -0.1) is 0 Å². The summed E-state index contributed by atoms with van der Waals surface area (Å²) in [4.78, 5) is 17.0. The summed E-state index contributed by atoms with van der Waals surface area (Å²) in [5.41, 5.74) is 2.17. The van der Waals surface area contributed by atoms with E-state index in [0.29, 0.717) is 0 Å². The normalized spacial score (nSPS) is 23.5. The molecule has 1 unspecified atom stereocenters. The number of piperidine rings is 2. The first-order valence-electron chi connectivity index (χ1n) is 8.83. The average Bonchev–Trinajstić information content (AvgIpc) is 2.56. The van der Waals surface area contributed by atoms with Crippen molar-refractivity contribution in [3.05, 3.63) is 35.4 Å². The van der Waals surface area contributed by atoms with Crippen LogP contribution in [0.4, 0.5) is 0 Å². The van der Waals surface area contributed by atoms with Crippen LogP contribution in [0, 0.1) is 5.92 Å². The number of likely N-dealkylation sites (tertiary alicyclic amines) is 2. The van der Waals surface area contributed by atoms with Crippen molar-refractivity contribution in [2.75, 3.05) is 26.2 Å². The molecule has 2 aliphatic heterocycles. The molecule has 0 spiro atoms. The molecule has 1 amide bonds. The van der Waals surface area contributed by atoms with E-state index in [0.717, 1.165) is 44.0 Å². The van der Waals surface area contributed by atoms with Gasteiger partial charge in [-0.3, -0.25) is 9.69 Å². The van der Waals surface area contributed by atoms with E-state index in [1.807, 2.05) is 17.0 Å². The number of carbonyl (C=O) groups excluding carboxylic acids is 1. The van der Waals surface area contributed by atoms with Crippen molar-refractivity contribution >= 4 is 5.91 Å². The summed E-state index contributed by atoms with van der Waals surface area (Å²) >= 11 is 0. The quantitative estimate of drug-likeness (QED) is 0.852. The number of carbonyl (C=O) groups is 1. The van der Waals surface area contributed by atoms with Gasteiger partial charge in [0.1, 0.15) is 0 Å². The number of nitrogens with zero attached hydrogens (tertiary/aromatic N) is 2. The van der Waals surface area contributed by atoms with Crippen LogP contribution < -0.4 is 0 Å². The van der Waals surface area contributed by atoms with Crippen LogP contribution in [0.1, 0.15) is 54.9 Å². The lowest BCUT2D eigenvalue weighted by Gasteiger charge is -2.31. The number of benzene rings is 1. The molecule has 2 heterocycles. The fraction of sp³-hybridized carbons (Fsp3) is 0.632. The highest BCUT2D eigenvalue weighted by Gasteiger charge is 2.19. The van der Waals surface area contributed by atoms with Gasteiger partial charge in [0.15, 0.2) is 0 Å². The van der Waals surface area contributed by atoms with Gasteiger partial charge in [0.25, 0.3) is 5.91 Å². The Morgan fingerprint density at radius 2 is 1.77 bits per heavy atom. The fourth-order valence-corrected chi connectivity index (χ4v) is 3.72. The minimum atomic E-state index is 0.206. The molecule has 0 saturated carbocycles. The molecule has 2 aliphatic rings. The summed E-state index contributed by atoms with van der Waals surface area (Å²) in [5.74, 6) is 1.02. The molecule has 0 N–H and O–H groups in total. The molecule has 22 heavy (non-hydrogen) atoms. The van der Waals surface area contributed by atoms with E-state index >= 15 is 0 Å². The lowest BCUT2D eigenvalue weighted by molar-refractivity contribution is 0.0724. The van der Waals surface area contributed by atoms with Gasteiger partial charge < -0.3 is 4.90 Å². The smallest absolute Gasteiger partial charge is 0.253 e. The summed E-state index contributed by atoms with van der Waals surface area (Å²) in [6.45, 7) is 7.61. The van der Waals surface area contributed by atoms with E-state index in [1.54, 1.807) is 0 Å². The Kier molecular flexibility index (Phi) is 5.14. The van der Waals surface area contributed by atoms with Crippen molar-refractivity contribution < 1.29 is 4.79 Å². The molecule has 1 aromatic rings. The fourth-order valence-electron chi connectivity index (χ4n) is 3.72. The van der Waals surface area contributed by atoms with E-state index in [9.17, 15) is 4.79 Å². The lowest BCUT2D eigenvalue weighted by Crippen LogP contribution is -2.35. The highest BCUT2D eigenvalue weighted by Crippen LogP contribution is 2.19. The third kappa shape index (κ3) is 3.89. The second kappa shape index (κ2) is 7.28.